The van der Waals surface area contributed by atoms with Gasteiger partial charge in [0.1, 0.15) is 12.6 Å². The number of aryl methyl sites for hydroxylation is 3. The van der Waals surface area contributed by atoms with E-state index in [0.29, 0.717) is 11.4 Å². The molecule has 0 aliphatic rings. The molecule has 0 bridgehead atoms. The first kappa shape index (κ1) is 32.2. The molecule has 0 aliphatic heterocycles. The van der Waals surface area contributed by atoms with Crippen molar-refractivity contribution in [3.8, 4) is 0 Å². The summed E-state index contributed by atoms with van der Waals surface area (Å²) in [4.78, 5) is 29.1. The molecule has 220 valence electrons. The smallest absolute Gasteiger partial charge is 0.264 e. The lowest BCUT2D eigenvalue weighted by Gasteiger charge is -2.34. The van der Waals surface area contributed by atoms with Crippen molar-refractivity contribution in [1.29, 1.82) is 0 Å². The molecule has 0 unspecified atom stereocenters. The summed E-state index contributed by atoms with van der Waals surface area (Å²) in [5.41, 5.74) is 3.82. The van der Waals surface area contributed by atoms with Crippen LogP contribution in [0.3, 0.4) is 0 Å². The number of hydrogen-bond acceptors (Lipinski definition) is 4. The molecular formula is C32H40ClN3O4S. The zero-order valence-corrected chi connectivity index (χ0v) is 26.2. The Balaban J connectivity index is 2.09. The van der Waals surface area contributed by atoms with Crippen LogP contribution < -0.4 is 9.62 Å². The highest BCUT2D eigenvalue weighted by molar-refractivity contribution is 7.92. The average molecular weight is 598 g/mol. The van der Waals surface area contributed by atoms with Crippen LogP contribution in [0.4, 0.5) is 5.69 Å². The minimum atomic E-state index is -4.16. The molecule has 41 heavy (non-hydrogen) atoms. The number of benzene rings is 3. The van der Waals surface area contributed by atoms with E-state index in [-0.39, 0.29) is 29.1 Å². The molecule has 7 nitrogen and oxygen atoms in total. The Bertz CT molecular complexity index is 1470. The van der Waals surface area contributed by atoms with E-state index in [4.69, 9.17) is 11.6 Å². The molecule has 3 rings (SSSR count). The van der Waals surface area contributed by atoms with Gasteiger partial charge in [0.15, 0.2) is 0 Å². The zero-order chi connectivity index (χ0) is 30.3. The van der Waals surface area contributed by atoms with Crippen LogP contribution in [0.1, 0.15) is 55.9 Å². The van der Waals surface area contributed by atoms with Crippen molar-refractivity contribution in [3.05, 3.63) is 94.0 Å². The molecular weight excluding hydrogens is 558 g/mol. The first-order chi connectivity index (χ1) is 19.4. The Kier molecular flexibility index (Phi) is 11.0. The second-order valence-corrected chi connectivity index (χ2v) is 12.8. The first-order valence-corrected chi connectivity index (χ1v) is 15.7. The molecule has 3 aromatic rings. The highest BCUT2D eigenvalue weighted by Crippen LogP contribution is 2.29. The van der Waals surface area contributed by atoms with E-state index in [0.717, 1.165) is 33.0 Å². The van der Waals surface area contributed by atoms with E-state index in [2.05, 4.69) is 5.32 Å². The van der Waals surface area contributed by atoms with Crippen molar-refractivity contribution in [2.75, 3.05) is 10.8 Å². The Morgan fingerprint density at radius 2 is 1.59 bits per heavy atom. The van der Waals surface area contributed by atoms with Gasteiger partial charge in [-0.2, -0.15) is 0 Å². The van der Waals surface area contributed by atoms with Gasteiger partial charge in [0.2, 0.25) is 11.8 Å². The van der Waals surface area contributed by atoms with Crippen molar-refractivity contribution < 1.29 is 18.0 Å². The van der Waals surface area contributed by atoms with Crippen LogP contribution in [0, 0.1) is 20.8 Å². The van der Waals surface area contributed by atoms with E-state index in [1.54, 1.807) is 30.3 Å². The molecule has 0 aromatic heterocycles. The lowest BCUT2D eigenvalue weighted by molar-refractivity contribution is -0.140. The van der Waals surface area contributed by atoms with E-state index < -0.39 is 28.5 Å². The van der Waals surface area contributed by atoms with E-state index >= 15 is 0 Å². The maximum atomic E-state index is 14.2. The van der Waals surface area contributed by atoms with Gasteiger partial charge in [-0.15, -0.1) is 0 Å². The van der Waals surface area contributed by atoms with Gasteiger partial charge in [-0.25, -0.2) is 8.42 Å². The molecule has 0 saturated heterocycles. The maximum Gasteiger partial charge on any atom is 0.264 e. The Hall–Kier alpha value is -3.36. The number of rotatable bonds is 12. The second kappa shape index (κ2) is 14.0. The standard InChI is InChI=1S/C32H40ClN3O4S/c1-7-25(6)34-32(38)30(8-2)35(20-26-11-9-10-23(4)18-26)31(37)21-36(27-15-14-24(5)29(33)19-27)41(39,40)28-16-12-22(3)13-17-28/h9-19,25,30H,7-8,20-21H2,1-6H3,(H,34,38)/t25-,30+/m0/s1. The summed E-state index contributed by atoms with van der Waals surface area (Å²) in [6.07, 6.45) is 1.10. The highest BCUT2D eigenvalue weighted by atomic mass is 35.5. The van der Waals surface area contributed by atoms with Crippen LogP contribution in [0.5, 0.6) is 0 Å². The third-order valence-electron chi connectivity index (χ3n) is 7.15. The summed E-state index contributed by atoms with van der Waals surface area (Å²) in [6.45, 7) is 11.0. The van der Waals surface area contributed by atoms with E-state index in [1.807, 2.05) is 65.8 Å². The Morgan fingerprint density at radius 1 is 0.902 bits per heavy atom. The summed E-state index contributed by atoms with van der Waals surface area (Å²) < 4.78 is 29.1. The molecule has 9 heteroatoms. The fourth-order valence-electron chi connectivity index (χ4n) is 4.47. The summed E-state index contributed by atoms with van der Waals surface area (Å²) in [6, 6.07) is 18.2. The zero-order valence-electron chi connectivity index (χ0n) is 24.6. The van der Waals surface area contributed by atoms with Gasteiger partial charge in [0, 0.05) is 17.6 Å². The van der Waals surface area contributed by atoms with Gasteiger partial charge in [0.05, 0.1) is 10.6 Å². The number of carbonyl (C=O) groups is 2. The van der Waals surface area contributed by atoms with Crippen LogP contribution in [-0.4, -0.2) is 43.8 Å². The fourth-order valence-corrected chi connectivity index (χ4v) is 6.05. The minimum Gasteiger partial charge on any atom is -0.352 e. The Labute approximate surface area is 249 Å². The number of hydrogen-bond donors (Lipinski definition) is 1. The summed E-state index contributed by atoms with van der Waals surface area (Å²) in [7, 11) is -4.16. The molecule has 0 spiro atoms. The predicted octanol–water partition coefficient (Wildman–Crippen LogP) is 6.18. The first-order valence-electron chi connectivity index (χ1n) is 13.9. The number of nitrogens with zero attached hydrogens (tertiary/aromatic N) is 2. The van der Waals surface area contributed by atoms with Crippen LogP contribution >= 0.6 is 11.6 Å². The number of nitrogens with one attached hydrogen (secondary N) is 1. The summed E-state index contributed by atoms with van der Waals surface area (Å²) >= 11 is 6.40. The topological polar surface area (TPSA) is 86.8 Å². The fraction of sp³-hybridized carbons (Fsp3) is 0.375. The number of anilines is 1. The van der Waals surface area contributed by atoms with Crippen molar-refractivity contribution >= 4 is 39.1 Å². The molecule has 0 radical (unpaired) electrons. The number of sulfonamides is 1. The van der Waals surface area contributed by atoms with Gasteiger partial charge in [0.25, 0.3) is 10.0 Å². The monoisotopic (exact) mass is 597 g/mol. The van der Waals surface area contributed by atoms with Gasteiger partial charge < -0.3 is 10.2 Å². The van der Waals surface area contributed by atoms with Crippen LogP contribution in [-0.2, 0) is 26.2 Å². The largest absolute Gasteiger partial charge is 0.352 e. The van der Waals surface area contributed by atoms with Crippen LogP contribution in [0.15, 0.2) is 71.6 Å². The van der Waals surface area contributed by atoms with Crippen LogP contribution in [0.25, 0.3) is 0 Å². The predicted molar refractivity (Wildman–Crippen MR) is 166 cm³/mol. The SMILES string of the molecule is CC[C@H](C(=O)N[C@@H](C)CC)N(Cc1cccc(C)c1)C(=O)CN(c1ccc(C)c(Cl)c1)S(=O)(=O)c1ccc(C)cc1. The number of halogens is 1. The minimum absolute atomic E-state index is 0.0550. The van der Waals surface area contributed by atoms with E-state index in [1.165, 1.54) is 17.0 Å². The van der Waals surface area contributed by atoms with Gasteiger partial charge >= 0.3 is 0 Å². The molecule has 1 N–H and O–H groups in total. The summed E-state index contributed by atoms with van der Waals surface area (Å²) in [5.74, 6) is -0.765. The average Bonchev–Trinajstić information content (AvgIpc) is 2.93. The van der Waals surface area contributed by atoms with Crippen molar-refractivity contribution in [1.82, 2.24) is 10.2 Å². The molecule has 2 atom stereocenters. The maximum absolute atomic E-state index is 14.2. The molecule has 0 aliphatic carbocycles. The molecule has 0 heterocycles. The number of carbonyl (C=O) groups excluding carboxylic acids is 2. The number of amides is 2. The lowest BCUT2D eigenvalue weighted by Crippen LogP contribution is -2.53. The van der Waals surface area contributed by atoms with Crippen molar-refractivity contribution in [2.45, 2.75) is 77.9 Å². The third kappa shape index (κ3) is 8.11. The normalized spacial score (nSPS) is 12.9. The molecule has 2 amide bonds. The third-order valence-corrected chi connectivity index (χ3v) is 9.35. The van der Waals surface area contributed by atoms with Crippen molar-refractivity contribution in [2.24, 2.45) is 0 Å². The van der Waals surface area contributed by atoms with Crippen LogP contribution in [0.2, 0.25) is 5.02 Å². The van der Waals surface area contributed by atoms with Gasteiger partial charge in [-0.3, -0.25) is 13.9 Å². The van der Waals surface area contributed by atoms with Gasteiger partial charge in [-0.05, 0) is 75.9 Å². The molecule has 3 aromatic carbocycles. The van der Waals surface area contributed by atoms with Gasteiger partial charge in [-0.1, -0.05) is 79.0 Å². The summed E-state index contributed by atoms with van der Waals surface area (Å²) in [5, 5.41) is 3.38. The molecule has 0 saturated carbocycles. The molecule has 0 fully saturated rings. The quantitative estimate of drug-likeness (QED) is 0.270. The Morgan fingerprint density at radius 3 is 2.17 bits per heavy atom. The van der Waals surface area contributed by atoms with E-state index in [9.17, 15) is 18.0 Å². The lowest BCUT2D eigenvalue weighted by atomic mass is 10.1. The second-order valence-electron chi connectivity index (χ2n) is 10.5. The van der Waals surface area contributed by atoms with Crippen molar-refractivity contribution in [3.63, 3.8) is 0 Å². The highest BCUT2D eigenvalue weighted by Gasteiger charge is 2.34.